The van der Waals surface area contributed by atoms with Gasteiger partial charge in [0.2, 0.25) is 5.91 Å². The first-order valence-electron chi connectivity index (χ1n) is 10.6. The fourth-order valence-corrected chi connectivity index (χ4v) is 4.16. The van der Waals surface area contributed by atoms with Crippen LogP contribution >= 0.6 is 0 Å². The van der Waals surface area contributed by atoms with Crippen molar-refractivity contribution >= 4 is 12.0 Å². The molecule has 0 saturated carbocycles. The highest BCUT2D eigenvalue weighted by molar-refractivity contribution is 5.92. The molecule has 1 saturated heterocycles. The molecule has 0 radical (unpaired) electrons. The van der Waals surface area contributed by atoms with Gasteiger partial charge in [-0.3, -0.25) is 9.69 Å². The van der Waals surface area contributed by atoms with Crippen LogP contribution in [0.2, 0.25) is 0 Å². The Hall–Kier alpha value is -2.99. The van der Waals surface area contributed by atoms with Gasteiger partial charge in [0, 0.05) is 45.2 Å². The maximum Gasteiger partial charge on any atom is 0.246 e. The molecule has 2 aromatic carbocycles. The summed E-state index contributed by atoms with van der Waals surface area (Å²) in [6, 6.07) is 12.2. The number of hydrogen-bond donors (Lipinski definition) is 0. The monoisotopic (exact) mass is 406 g/mol. The standard InChI is InChI=1S/C24H26N2O4/c27-24(6-3-18-1-5-22-23(16-18)30-14-13-29-22)26-10-8-25(9-11-26)17-19-2-4-21-20(15-19)7-12-28-21/h1-6,15-16H,7-14,17H2/b6-3+. The number of hydrogen-bond acceptors (Lipinski definition) is 5. The second-order valence-corrected chi connectivity index (χ2v) is 7.88. The maximum absolute atomic E-state index is 12.6. The molecule has 3 aliphatic rings. The van der Waals surface area contributed by atoms with E-state index in [0.717, 1.165) is 68.6 Å². The van der Waals surface area contributed by atoms with E-state index < -0.39 is 0 Å². The van der Waals surface area contributed by atoms with Crippen LogP contribution in [-0.2, 0) is 17.8 Å². The van der Waals surface area contributed by atoms with E-state index in [1.165, 1.54) is 11.1 Å². The molecule has 5 rings (SSSR count). The molecule has 0 aromatic heterocycles. The largest absolute Gasteiger partial charge is 0.493 e. The van der Waals surface area contributed by atoms with Crippen LogP contribution in [0.1, 0.15) is 16.7 Å². The molecule has 0 N–H and O–H groups in total. The van der Waals surface area contributed by atoms with Crippen molar-refractivity contribution in [3.05, 3.63) is 59.2 Å². The van der Waals surface area contributed by atoms with Crippen LogP contribution < -0.4 is 14.2 Å². The molecule has 0 atom stereocenters. The van der Waals surface area contributed by atoms with Crippen LogP contribution in [0, 0.1) is 0 Å². The average molecular weight is 406 g/mol. The molecule has 0 bridgehead atoms. The molecule has 156 valence electrons. The number of benzene rings is 2. The second-order valence-electron chi connectivity index (χ2n) is 7.88. The van der Waals surface area contributed by atoms with E-state index in [0.29, 0.717) is 13.2 Å². The summed E-state index contributed by atoms with van der Waals surface area (Å²) in [5.41, 5.74) is 3.56. The van der Waals surface area contributed by atoms with Gasteiger partial charge < -0.3 is 19.1 Å². The summed E-state index contributed by atoms with van der Waals surface area (Å²) in [5.74, 6) is 2.58. The molecule has 6 heteroatoms. The average Bonchev–Trinajstić information content (AvgIpc) is 3.26. The number of amides is 1. The zero-order valence-electron chi connectivity index (χ0n) is 17.0. The first-order chi connectivity index (χ1) is 14.7. The fraction of sp³-hybridized carbons (Fsp3) is 0.375. The van der Waals surface area contributed by atoms with Crippen LogP contribution in [0.25, 0.3) is 6.08 Å². The van der Waals surface area contributed by atoms with Crippen molar-refractivity contribution in [3.63, 3.8) is 0 Å². The third kappa shape index (κ3) is 4.14. The van der Waals surface area contributed by atoms with E-state index in [-0.39, 0.29) is 5.91 Å². The topological polar surface area (TPSA) is 51.2 Å². The molecule has 1 fully saturated rings. The minimum Gasteiger partial charge on any atom is -0.493 e. The number of fused-ring (bicyclic) bond motifs is 2. The first-order valence-corrected chi connectivity index (χ1v) is 10.6. The van der Waals surface area contributed by atoms with Crippen molar-refractivity contribution < 1.29 is 19.0 Å². The molecule has 1 amide bonds. The summed E-state index contributed by atoms with van der Waals surface area (Å²) in [6.45, 7) is 6.11. The summed E-state index contributed by atoms with van der Waals surface area (Å²) in [7, 11) is 0. The van der Waals surface area contributed by atoms with Gasteiger partial charge >= 0.3 is 0 Å². The third-order valence-corrected chi connectivity index (χ3v) is 5.83. The molecule has 0 spiro atoms. The van der Waals surface area contributed by atoms with Crippen LogP contribution in [0.5, 0.6) is 17.2 Å². The Kier molecular flexibility index (Phi) is 5.32. The summed E-state index contributed by atoms with van der Waals surface area (Å²) in [6.07, 6.45) is 4.50. The Morgan fingerprint density at radius 3 is 2.50 bits per heavy atom. The molecule has 3 aliphatic heterocycles. The van der Waals surface area contributed by atoms with Crippen LogP contribution in [0.3, 0.4) is 0 Å². The Labute approximate surface area is 176 Å². The number of rotatable bonds is 4. The molecule has 3 heterocycles. The zero-order chi connectivity index (χ0) is 20.3. The van der Waals surface area contributed by atoms with Crippen molar-refractivity contribution in [3.8, 4) is 17.2 Å². The van der Waals surface area contributed by atoms with E-state index in [1.54, 1.807) is 6.08 Å². The summed E-state index contributed by atoms with van der Waals surface area (Å²) in [5, 5.41) is 0. The highest BCUT2D eigenvalue weighted by Crippen LogP contribution is 2.31. The third-order valence-electron chi connectivity index (χ3n) is 5.83. The predicted octanol–water partition coefficient (Wildman–Crippen LogP) is 2.75. The molecule has 30 heavy (non-hydrogen) atoms. The minimum absolute atomic E-state index is 0.0548. The van der Waals surface area contributed by atoms with Gasteiger partial charge in [-0.1, -0.05) is 18.2 Å². The quantitative estimate of drug-likeness (QED) is 0.731. The summed E-state index contributed by atoms with van der Waals surface area (Å²) < 4.78 is 16.7. The lowest BCUT2D eigenvalue weighted by atomic mass is 10.1. The lowest BCUT2D eigenvalue weighted by molar-refractivity contribution is -0.127. The normalized spacial score (nSPS) is 18.3. The highest BCUT2D eigenvalue weighted by atomic mass is 16.6. The van der Waals surface area contributed by atoms with Gasteiger partial charge in [-0.05, 0) is 41.0 Å². The number of nitrogens with zero attached hydrogens (tertiary/aromatic N) is 2. The van der Waals surface area contributed by atoms with Gasteiger partial charge in [0.1, 0.15) is 19.0 Å². The van der Waals surface area contributed by atoms with E-state index in [1.807, 2.05) is 29.2 Å². The van der Waals surface area contributed by atoms with Crippen molar-refractivity contribution in [1.82, 2.24) is 9.80 Å². The molecule has 2 aromatic rings. The Morgan fingerprint density at radius 2 is 1.63 bits per heavy atom. The van der Waals surface area contributed by atoms with Gasteiger partial charge in [0.15, 0.2) is 11.5 Å². The molecule has 6 nitrogen and oxygen atoms in total. The van der Waals surface area contributed by atoms with Gasteiger partial charge in [-0.15, -0.1) is 0 Å². The molecule has 0 aliphatic carbocycles. The smallest absolute Gasteiger partial charge is 0.246 e. The summed E-state index contributed by atoms with van der Waals surface area (Å²) >= 11 is 0. The number of ether oxygens (including phenoxy) is 3. The van der Waals surface area contributed by atoms with Crippen LogP contribution in [0.15, 0.2) is 42.5 Å². The lowest BCUT2D eigenvalue weighted by Crippen LogP contribution is -2.47. The van der Waals surface area contributed by atoms with Crippen molar-refractivity contribution in [2.45, 2.75) is 13.0 Å². The zero-order valence-corrected chi connectivity index (χ0v) is 17.0. The Balaban J connectivity index is 1.14. The molecular formula is C24H26N2O4. The lowest BCUT2D eigenvalue weighted by Gasteiger charge is -2.34. The van der Waals surface area contributed by atoms with Crippen LogP contribution in [-0.4, -0.2) is 61.7 Å². The van der Waals surface area contributed by atoms with E-state index in [2.05, 4.69) is 23.1 Å². The number of carbonyl (C=O) groups is 1. The second kappa shape index (κ2) is 8.40. The van der Waals surface area contributed by atoms with Gasteiger partial charge in [-0.2, -0.15) is 0 Å². The number of carbonyl (C=O) groups excluding carboxylic acids is 1. The predicted molar refractivity (Wildman–Crippen MR) is 114 cm³/mol. The van der Waals surface area contributed by atoms with Crippen molar-refractivity contribution in [2.24, 2.45) is 0 Å². The van der Waals surface area contributed by atoms with Crippen molar-refractivity contribution in [1.29, 1.82) is 0 Å². The van der Waals surface area contributed by atoms with E-state index in [4.69, 9.17) is 14.2 Å². The minimum atomic E-state index is 0.0548. The molecular weight excluding hydrogens is 380 g/mol. The SMILES string of the molecule is O=C(/C=C/c1ccc2c(c1)OCCO2)N1CCN(Cc2ccc3c(c2)CCO3)CC1. The number of piperazine rings is 1. The van der Waals surface area contributed by atoms with Crippen molar-refractivity contribution in [2.75, 3.05) is 46.0 Å². The maximum atomic E-state index is 12.6. The summed E-state index contributed by atoms with van der Waals surface area (Å²) in [4.78, 5) is 16.9. The fourth-order valence-electron chi connectivity index (χ4n) is 4.16. The van der Waals surface area contributed by atoms with Crippen LogP contribution in [0.4, 0.5) is 0 Å². The molecule has 0 unspecified atom stereocenters. The van der Waals surface area contributed by atoms with Gasteiger partial charge in [-0.25, -0.2) is 0 Å². The van der Waals surface area contributed by atoms with Gasteiger partial charge in [0.25, 0.3) is 0 Å². The van der Waals surface area contributed by atoms with E-state index >= 15 is 0 Å². The Bertz CT molecular complexity index is 964. The highest BCUT2D eigenvalue weighted by Gasteiger charge is 2.20. The first kappa shape index (κ1) is 19.0. The Morgan fingerprint density at radius 1 is 0.867 bits per heavy atom. The van der Waals surface area contributed by atoms with E-state index in [9.17, 15) is 4.79 Å². The van der Waals surface area contributed by atoms with Gasteiger partial charge in [0.05, 0.1) is 6.61 Å².